The van der Waals surface area contributed by atoms with E-state index >= 15 is 0 Å². The van der Waals surface area contributed by atoms with Crippen LogP contribution in [0.5, 0.6) is 17.2 Å². The molecular weight excluding hydrogens is 398 g/mol. The summed E-state index contributed by atoms with van der Waals surface area (Å²) in [6.07, 6.45) is 1.74. The van der Waals surface area contributed by atoms with Crippen molar-refractivity contribution in [2.24, 2.45) is 11.0 Å². The minimum absolute atomic E-state index is 0.0802. The fourth-order valence-electron chi connectivity index (χ4n) is 2.85. The molecule has 8 heteroatoms. The van der Waals surface area contributed by atoms with Crippen LogP contribution in [0.3, 0.4) is 0 Å². The molecule has 166 valence electrons. The van der Waals surface area contributed by atoms with Gasteiger partial charge in [-0.05, 0) is 43.0 Å². The number of carbonyl (C=O) groups is 2. The number of ether oxygens (including phenoxy) is 2. The minimum atomic E-state index is -0.774. The molecule has 0 aliphatic heterocycles. The quantitative estimate of drug-likeness (QED) is 0.399. The van der Waals surface area contributed by atoms with Crippen LogP contribution in [-0.4, -0.2) is 42.9 Å². The maximum atomic E-state index is 12.6. The summed E-state index contributed by atoms with van der Waals surface area (Å²) in [6, 6.07) is 11.5. The monoisotopic (exact) mass is 427 g/mol. The standard InChI is InChI=1S/C23H29N3O5/c1-15(2)12-18(25-21(27)14-31-19-10-6-5-8-16(19)3)23(29)26-24-13-17-9-7-11-20(30-4)22(17)28/h5-11,13,15,18,28H,12,14H2,1-4H3,(H,25,27)(H,26,29)/b24-13-/t18-/m0/s1. The maximum absolute atomic E-state index is 12.6. The van der Waals surface area contributed by atoms with Crippen LogP contribution in [0, 0.1) is 12.8 Å². The van der Waals surface area contributed by atoms with Crippen molar-refractivity contribution in [3.05, 3.63) is 53.6 Å². The summed E-state index contributed by atoms with van der Waals surface area (Å²) in [6.45, 7) is 5.59. The van der Waals surface area contributed by atoms with Crippen molar-refractivity contribution in [3.8, 4) is 17.2 Å². The third-order valence-electron chi connectivity index (χ3n) is 4.44. The van der Waals surface area contributed by atoms with Gasteiger partial charge in [0, 0.05) is 5.56 Å². The number of hydrogen-bond acceptors (Lipinski definition) is 6. The van der Waals surface area contributed by atoms with Gasteiger partial charge < -0.3 is 19.9 Å². The highest BCUT2D eigenvalue weighted by molar-refractivity contribution is 5.90. The Morgan fingerprint density at radius 2 is 1.84 bits per heavy atom. The van der Waals surface area contributed by atoms with Gasteiger partial charge in [0.1, 0.15) is 11.8 Å². The lowest BCUT2D eigenvalue weighted by molar-refractivity contribution is -0.130. The van der Waals surface area contributed by atoms with Crippen LogP contribution >= 0.6 is 0 Å². The van der Waals surface area contributed by atoms with E-state index in [0.717, 1.165) is 5.56 Å². The van der Waals surface area contributed by atoms with Crippen molar-refractivity contribution in [3.63, 3.8) is 0 Å². The molecule has 0 heterocycles. The molecule has 2 rings (SSSR count). The minimum Gasteiger partial charge on any atom is -0.504 e. The number of carbonyl (C=O) groups excluding carboxylic acids is 2. The molecule has 8 nitrogen and oxygen atoms in total. The van der Waals surface area contributed by atoms with Crippen LogP contribution in [0.1, 0.15) is 31.4 Å². The molecule has 0 spiro atoms. The van der Waals surface area contributed by atoms with Gasteiger partial charge in [-0.1, -0.05) is 38.1 Å². The van der Waals surface area contributed by atoms with Gasteiger partial charge in [-0.3, -0.25) is 9.59 Å². The summed E-state index contributed by atoms with van der Waals surface area (Å²) in [5, 5.41) is 16.7. The molecule has 0 unspecified atom stereocenters. The zero-order valence-electron chi connectivity index (χ0n) is 18.2. The molecule has 0 radical (unpaired) electrons. The van der Waals surface area contributed by atoms with E-state index < -0.39 is 17.9 Å². The van der Waals surface area contributed by atoms with E-state index in [1.165, 1.54) is 13.3 Å². The van der Waals surface area contributed by atoms with E-state index in [1.54, 1.807) is 24.3 Å². The fraction of sp³-hybridized carbons (Fsp3) is 0.348. The Morgan fingerprint density at radius 1 is 1.13 bits per heavy atom. The second kappa shape index (κ2) is 11.6. The first-order valence-corrected chi connectivity index (χ1v) is 9.98. The van der Waals surface area contributed by atoms with E-state index in [2.05, 4.69) is 15.8 Å². The normalized spacial score (nSPS) is 11.9. The SMILES string of the molecule is COc1cccc(/C=N\NC(=O)[C@H](CC(C)C)NC(=O)COc2ccccc2C)c1O. The lowest BCUT2D eigenvalue weighted by Crippen LogP contribution is -2.47. The smallest absolute Gasteiger partial charge is 0.262 e. The van der Waals surface area contributed by atoms with Crippen molar-refractivity contribution >= 4 is 18.0 Å². The molecule has 0 aliphatic rings. The molecule has 0 aromatic heterocycles. The van der Waals surface area contributed by atoms with E-state index in [-0.39, 0.29) is 18.3 Å². The van der Waals surface area contributed by atoms with Crippen LogP contribution in [-0.2, 0) is 9.59 Å². The van der Waals surface area contributed by atoms with E-state index in [9.17, 15) is 14.7 Å². The number of hydrogen-bond donors (Lipinski definition) is 3. The number of phenols is 1. The Bertz CT molecular complexity index is 927. The van der Waals surface area contributed by atoms with Gasteiger partial charge in [0.2, 0.25) is 0 Å². The number of aromatic hydroxyl groups is 1. The molecule has 2 amide bonds. The fourth-order valence-corrected chi connectivity index (χ4v) is 2.85. The highest BCUT2D eigenvalue weighted by Gasteiger charge is 2.22. The second-order valence-corrected chi connectivity index (χ2v) is 7.44. The summed E-state index contributed by atoms with van der Waals surface area (Å²) in [7, 11) is 1.44. The van der Waals surface area contributed by atoms with E-state index in [1.807, 2.05) is 39.0 Å². The average Bonchev–Trinajstić information content (AvgIpc) is 2.73. The summed E-state index contributed by atoms with van der Waals surface area (Å²) in [5.74, 6) is 0.136. The van der Waals surface area contributed by atoms with Crippen molar-refractivity contribution in [1.29, 1.82) is 0 Å². The molecule has 2 aromatic carbocycles. The summed E-state index contributed by atoms with van der Waals surface area (Å²) in [4.78, 5) is 24.9. The average molecular weight is 428 g/mol. The molecule has 0 aliphatic carbocycles. The number of amides is 2. The number of nitrogens with zero attached hydrogens (tertiary/aromatic N) is 1. The zero-order chi connectivity index (χ0) is 22.8. The zero-order valence-corrected chi connectivity index (χ0v) is 18.2. The topological polar surface area (TPSA) is 109 Å². The molecule has 2 aromatic rings. The van der Waals surface area contributed by atoms with Crippen molar-refractivity contribution < 1.29 is 24.2 Å². The Kier molecular flexibility index (Phi) is 8.87. The van der Waals surface area contributed by atoms with Crippen molar-refractivity contribution in [2.75, 3.05) is 13.7 Å². The summed E-state index contributed by atoms with van der Waals surface area (Å²) >= 11 is 0. The number of hydrazone groups is 1. The first-order valence-electron chi connectivity index (χ1n) is 9.98. The maximum Gasteiger partial charge on any atom is 0.262 e. The van der Waals surface area contributed by atoms with E-state index in [0.29, 0.717) is 23.5 Å². The van der Waals surface area contributed by atoms with Gasteiger partial charge in [-0.15, -0.1) is 0 Å². The Morgan fingerprint density at radius 3 is 2.52 bits per heavy atom. The molecule has 3 N–H and O–H groups in total. The molecular formula is C23H29N3O5. The van der Waals surface area contributed by atoms with Crippen molar-refractivity contribution in [1.82, 2.24) is 10.7 Å². The van der Waals surface area contributed by atoms with Gasteiger partial charge in [-0.25, -0.2) is 5.43 Å². The Labute approximate surface area is 182 Å². The molecule has 0 saturated heterocycles. The predicted octanol–water partition coefficient (Wildman–Crippen LogP) is 2.77. The van der Waals surface area contributed by atoms with Gasteiger partial charge in [0.05, 0.1) is 13.3 Å². The summed E-state index contributed by atoms with van der Waals surface area (Å²) < 4.78 is 10.6. The van der Waals surface area contributed by atoms with Crippen LogP contribution < -0.4 is 20.2 Å². The van der Waals surface area contributed by atoms with Gasteiger partial charge in [0.25, 0.3) is 11.8 Å². The highest BCUT2D eigenvalue weighted by Crippen LogP contribution is 2.27. The van der Waals surface area contributed by atoms with Gasteiger partial charge >= 0.3 is 0 Å². The van der Waals surface area contributed by atoms with Gasteiger partial charge in [0.15, 0.2) is 18.1 Å². The van der Waals surface area contributed by atoms with Crippen molar-refractivity contribution in [2.45, 2.75) is 33.2 Å². The van der Waals surface area contributed by atoms with Crippen LogP contribution in [0.25, 0.3) is 0 Å². The Hall–Kier alpha value is -3.55. The second-order valence-electron chi connectivity index (χ2n) is 7.44. The molecule has 31 heavy (non-hydrogen) atoms. The third-order valence-corrected chi connectivity index (χ3v) is 4.44. The van der Waals surface area contributed by atoms with Crippen LogP contribution in [0.2, 0.25) is 0 Å². The number of phenolic OH excluding ortho intramolecular Hbond substituents is 1. The highest BCUT2D eigenvalue weighted by atomic mass is 16.5. The molecule has 0 bridgehead atoms. The predicted molar refractivity (Wildman–Crippen MR) is 118 cm³/mol. The number of para-hydroxylation sites is 2. The Balaban J connectivity index is 1.97. The number of nitrogens with one attached hydrogen (secondary N) is 2. The molecule has 0 fully saturated rings. The van der Waals surface area contributed by atoms with E-state index in [4.69, 9.17) is 9.47 Å². The lowest BCUT2D eigenvalue weighted by Gasteiger charge is -2.19. The number of methoxy groups -OCH3 is 1. The van der Waals surface area contributed by atoms with Gasteiger partial charge in [-0.2, -0.15) is 5.10 Å². The number of benzene rings is 2. The first-order chi connectivity index (χ1) is 14.8. The van der Waals surface area contributed by atoms with Crippen LogP contribution in [0.4, 0.5) is 0 Å². The largest absolute Gasteiger partial charge is 0.504 e. The summed E-state index contributed by atoms with van der Waals surface area (Å²) in [5.41, 5.74) is 3.72. The third kappa shape index (κ3) is 7.33. The van der Waals surface area contributed by atoms with Crippen LogP contribution in [0.15, 0.2) is 47.6 Å². The number of rotatable bonds is 10. The molecule has 1 atom stereocenters. The lowest BCUT2D eigenvalue weighted by atomic mass is 10.0. The number of aryl methyl sites for hydroxylation is 1. The first kappa shape index (κ1) is 23.7. The molecule has 0 saturated carbocycles.